The van der Waals surface area contributed by atoms with E-state index in [1.807, 2.05) is 25.2 Å². The Labute approximate surface area is 223 Å². The number of rotatable bonds is 17. The van der Waals surface area contributed by atoms with Crippen LogP contribution in [0.1, 0.15) is 96.7 Å². The lowest BCUT2D eigenvalue weighted by atomic mass is 9.82. The smallest absolute Gasteiger partial charge is 0.250 e. The summed E-state index contributed by atoms with van der Waals surface area (Å²) in [5, 5.41) is 5.18. The van der Waals surface area contributed by atoms with Crippen molar-refractivity contribution in [3.63, 3.8) is 0 Å². The summed E-state index contributed by atoms with van der Waals surface area (Å²) in [6.45, 7) is 12.8. The fourth-order valence-electron chi connectivity index (χ4n) is 5.21. The SMILES string of the molecule is CCCCCCC(NCCCC)(C(=O)Cc1c(C)n(CC)c2ccc(Cl)cc12)C(=O)N(C)CCCC. The maximum atomic E-state index is 14.3. The molecule has 0 aliphatic heterocycles. The van der Waals surface area contributed by atoms with Crippen molar-refractivity contribution in [3.05, 3.63) is 34.5 Å². The van der Waals surface area contributed by atoms with E-state index in [-0.39, 0.29) is 18.1 Å². The highest BCUT2D eigenvalue weighted by molar-refractivity contribution is 6.31. The van der Waals surface area contributed by atoms with E-state index in [1.54, 1.807) is 4.90 Å². The summed E-state index contributed by atoms with van der Waals surface area (Å²) in [6.07, 6.45) is 8.74. The van der Waals surface area contributed by atoms with Crippen LogP contribution in [-0.2, 0) is 22.6 Å². The van der Waals surface area contributed by atoms with E-state index in [2.05, 4.69) is 44.5 Å². The van der Waals surface area contributed by atoms with Crippen LogP contribution in [0, 0.1) is 6.92 Å². The third-order valence-electron chi connectivity index (χ3n) is 7.47. The fraction of sp³-hybridized carbons (Fsp3) is 0.667. The average Bonchev–Trinajstić information content (AvgIpc) is 3.13. The minimum Gasteiger partial charge on any atom is -0.345 e. The van der Waals surface area contributed by atoms with Gasteiger partial charge in [-0.15, -0.1) is 0 Å². The molecule has 0 saturated heterocycles. The number of amides is 1. The molecule has 0 spiro atoms. The van der Waals surface area contributed by atoms with Crippen molar-refractivity contribution < 1.29 is 9.59 Å². The molecule has 1 atom stereocenters. The number of carbonyl (C=O) groups is 2. The van der Waals surface area contributed by atoms with Gasteiger partial charge in [0.2, 0.25) is 5.91 Å². The van der Waals surface area contributed by atoms with Crippen molar-refractivity contribution in [1.29, 1.82) is 0 Å². The lowest BCUT2D eigenvalue weighted by Crippen LogP contribution is -2.63. The van der Waals surface area contributed by atoms with E-state index in [1.165, 1.54) is 0 Å². The standard InChI is InChI=1S/C30H48ClN3O2/c1-7-11-14-15-18-30(32-19-12-8-2,29(36)33(6)20-13-9-3)28(35)22-25-23(5)34(10-4)27-17-16-24(31)21-26(25)27/h16-17,21,32H,7-15,18-20,22H2,1-6H3. The number of nitrogens with one attached hydrogen (secondary N) is 1. The van der Waals surface area contributed by atoms with Gasteiger partial charge in [0.25, 0.3) is 0 Å². The Morgan fingerprint density at radius 1 is 1.00 bits per heavy atom. The van der Waals surface area contributed by atoms with Gasteiger partial charge in [-0.3, -0.25) is 14.9 Å². The van der Waals surface area contributed by atoms with Crippen LogP contribution < -0.4 is 5.32 Å². The number of halogens is 1. The predicted octanol–water partition coefficient (Wildman–Crippen LogP) is 7.09. The Morgan fingerprint density at radius 2 is 1.69 bits per heavy atom. The number of Topliss-reactive ketones (excluding diaryl/α,β-unsaturated/α-hetero) is 1. The molecule has 0 fully saturated rings. The molecule has 5 nitrogen and oxygen atoms in total. The van der Waals surface area contributed by atoms with Crippen molar-refractivity contribution in [1.82, 2.24) is 14.8 Å². The Balaban J connectivity index is 2.54. The van der Waals surface area contributed by atoms with Gasteiger partial charge >= 0.3 is 0 Å². The Morgan fingerprint density at radius 3 is 2.33 bits per heavy atom. The number of nitrogens with zero attached hydrogens (tertiary/aromatic N) is 2. The van der Waals surface area contributed by atoms with Gasteiger partial charge in [0, 0.05) is 48.2 Å². The molecule has 6 heteroatoms. The molecule has 2 aromatic rings. The van der Waals surface area contributed by atoms with Gasteiger partial charge in [0.15, 0.2) is 11.3 Å². The van der Waals surface area contributed by atoms with E-state index < -0.39 is 5.54 Å². The summed E-state index contributed by atoms with van der Waals surface area (Å²) in [6, 6.07) is 5.89. The molecule has 202 valence electrons. The molecule has 0 aliphatic carbocycles. The molecule has 0 radical (unpaired) electrons. The summed E-state index contributed by atoms with van der Waals surface area (Å²) < 4.78 is 2.23. The molecule has 1 amide bonds. The first kappa shape index (κ1) is 30.4. The first-order valence-electron chi connectivity index (χ1n) is 14.1. The van der Waals surface area contributed by atoms with E-state index >= 15 is 0 Å². The van der Waals surface area contributed by atoms with Crippen LogP contribution in [0.15, 0.2) is 18.2 Å². The monoisotopic (exact) mass is 517 g/mol. The summed E-state index contributed by atoms with van der Waals surface area (Å²) >= 11 is 6.38. The second-order valence-corrected chi connectivity index (χ2v) is 10.6. The maximum absolute atomic E-state index is 14.3. The molecule has 1 heterocycles. The lowest BCUT2D eigenvalue weighted by molar-refractivity contribution is -0.144. The van der Waals surface area contributed by atoms with E-state index in [9.17, 15) is 9.59 Å². The van der Waals surface area contributed by atoms with Crippen LogP contribution in [0.4, 0.5) is 0 Å². The zero-order valence-corrected chi connectivity index (χ0v) is 24.3. The highest BCUT2D eigenvalue weighted by Gasteiger charge is 2.46. The molecule has 1 aromatic carbocycles. The third kappa shape index (κ3) is 7.13. The third-order valence-corrected chi connectivity index (χ3v) is 7.70. The van der Waals surface area contributed by atoms with Gasteiger partial charge in [0.05, 0.1) is 0 Å². The van der Waals surface area contributed by atoms with Crippen LogP contribution in [0.3, 0.4) is 0 Å². The number of aromatic nitrogens is 1. The number of fused-ring (bicyclic) bond motifs is 1. The van der Waals surface area contributed by atoms with Crippen molar-refractivity contribution >= 4 is 34.2 Å². The average molecular weight is 518 g/mol. The number of benzene rings is 1. The molecule has 0 saturated carbocycles. The van der Waals surface area contributed by atoms with Crippen molar-refractivity contribution in [2.75, 3.05) is 20.1 Å². The second-order valence-electron chi connectivity index (χ2n) is 10.1. The molecule has 2 rings (SSSR count). The van der Waals surface area contributed by atoms with Gasteiger partial charge in [-0.05, 0) is 63.4 Å². The number of aryl methyl sites for hydroxylation is 1. The number of hydrogen-bond acceptors (Lipinski definition) is 3. The topological polar surface area (TPSA) is 54.3 Å². The van der Waals surface area contributed by atoms with E-state index in [0.29, 0.717) is 24.5 Å². The first-order valence-corrected chi connectivity index (χ1v) is 14.5. The molecule has 1 N–H and O–H groups in total. The van der Waals surface area contributed by atoms with Gasteiger partial charge in [-0.2, -0.15) is 0 Å². The number of likely N-dealkylation sites (N-methyl/N-ethyl adjacent to an activating group) is 1. The van der Waals surface area contributed by atoms with Gasteiger partial charge < -0.3 is 9.47 Å². The zero-order chi connectivity index (χ0) is 26.7. The van der Waals surface area contributed by atoms with Crippen LogP contribution in [0.2, 0.25) is 5.02 Å². The minimum atomic E-state index is -1.20. The second kappa shape index (κ2) is 14.8. The molecular weight excluding hydrogens is 470 g/mol. The van der Waals surface area contributed by atoms with E-state index in [4.69, 9.17) is 11.6 Å². The summed E-state index contributed by atoms with van der Waals surface area (Å²) in [5.74, 6) is -0.106. The van der Waals surface area contributed by atoms with Gasteiger partial charge in [-0.25, -0.2) is 0 Å². The quantitative estimate of drug-likeness (QED) is 0.180. The zero-order valence-electron chi connectivity index (χ0n) is 23.5. The highest BCUT2D eigenvalue weighted by Crippen LogP contribution is 2.31. The Hall–Kier alpha value is -1.85. The molecular formula is C30H48ClN3O2. The number of hydrogen-bond donors (Lipinski definition) is 1. The largest absolute Gasteiger partial charge is 0.345 e. The first-order chi connectivity index (χ1) is 17.3. The highest BCUT2D eigenvalue weighted by atomic mass is 35.5. The number of ketones is 1. The van der Waals surface area contributed by atoms with Crippen molar-refractivity contribution in [2.45, 2.75) is 111 Å². The number of carbonyl (C=O) groups excluding carboxylic acids is 2. The number of unbranched alkanes of at least 4 members (excludes halogenated alkanes) is 5. The fourth-order valence-corrected chi connectivity index (χ4v) is 5.38. The van der Waals surface area contributed by atoms with Crippen LogP contribution in [-0.4, -0.2) is 46.8 Å². The van der Waals surface area contributed by atoms with E-state index in [0.717, 1.165) is 80.1 Å². The van der Waals surface area contributed by atoms with Gasteiger partial charge in [-0.1, -0.05) is 70.9 Å². The van der Waals surface area contributed by atoms with Gasteiger partial charge in [0.1, 0.15) is 0 Å². The normalized spacial score (nSPS) is 13.2. The summed E-state index contributed by atoms with van der Waals surface area (Å²) in [7, 11) is 1.85. The van der Waals surface area contributed by atoms with Crippen molar-refractivity contribution in [3.8, 4) is 0 Å². The predicted molar refractivity (Wildman–Crippen MR) is 153 cm³/mol. The molecule has 0 aliphatic rings. The minimum absolute atomic E-state index is 0.0262. The molecule has 36 heavy (non-hydrogen) atoms. The summed E-state index contributed by atoms with van der Waals surface area (Å²) in [5.41, 5.74) is 1.94. The molecule has 1 aromatic heterocycles. The Kier molecular flexibility index (Phi) is 12.5. The van der Waals surface area contributed by atoms with Crippen molar-refractivity contribution in [2.24, 2.45) is 0 Å². The van der Waals surface area contributed by atoms with Crippen LogP contribution in [0.5, 0.6) is 0 Å². The lowest BCUT2D eigenvalue weighted by Gasteiger charge is -2.36. The Bertz CT molecular complexity index is 1000. The molecule has 0 bridgehead atoms. The van der Waals surface area contributed by atoms with Crippen LogP contribution >= 0.6 is 11.6 Å². The maximum Gasteiger partial charge on any atom is 0.250 e. The molecule has 1 unspecified atom stereocenters. The van der Waals surface area contributed by atoms with Crippen LogP contribution in [0.25, 0.3) is 10.9 Å². The summed E-state index contributed by atoms with van der Waals surface area (Å²) in [4.78, 5) is 30.2.